The lowest BCUT2D eigenvalue weighted by molar-refractivity contribution is 0.204. The van der Waals surface area contributed by atoms with Crippen molar-refractivity contribution >= 4 is 17.5 Å². The minimum absolute atomic E-state index is 0.665. The lowest BCUT2D eigenvalue weighted by Crippen LogP contribution is -2.24. The second kappa shape index (κ2) is 6.05. The molecule has 3 heteroatoms. The zero-order valence-corrected chi connectivity index (χ0v) is 10.9. The van der Waals surface area contributed by atoms with Crippen LogP contribution in [0.2, 0.25) is 0 Å². The highest BCUT2D eigenvalue weighted by molar-refractivity contribution is 5.95. The van der Waals surface area contributed by atoms with Crippen LogP contribution in [-0.4, -0.2) is 11.2 Å². The first-order chi connectivity index (χ1) is 9.24. The molecule has 0 aliphatic rings. The van der Waals surface area contributed by atoms with Crippen LogP contribution in [0, 0.1) is 0 Å². The van der Waals surface area contributed by atoms with Crippen molar-refractivity contribution in [1.29, 1.82) is 0 Å². The van der Waals surface area contributed by atoms with Gasteiger partial charge in [-0.2, -0.15) is 0 Å². The number of benzene rings is 2. The van der Waals surface area contributed by atoms with Gasteiger partial charge in [-0.3, -0.25) is 0 Å². The summed E-state index contributed by atoms with van der Waals surface area (Å²) in [6, 6.07) is 16.8. The Labute approximate surface area is 113 Å². The second-order valence-electron chi connectivity index (χ2n) is 4.33. The largest absolute Gasteiger partial charge is 0.464 e. The summed E-state index contributed by atoms with van der Waals surface area (Å²) in [6.45, 7) is 2.09. The van der Waals surface area contributed by atoms with E-state index >= 15 is 0 Å². The quantitative estimate of drug-likeness (QED) is 0.876. The Kier molecular flexibility index (Phi) is 4.18. The Hall–Kier alpha value is -2.29. The van der Waals surface area contributed by atoms with E-state index in [1.165, 1.54) is 4.90 Å². The maximum Gasteiger partial charge on any atom is 0.416 e. The molecule has 0 heterocycles. The summed E-state index contributed by atoms with van der Waals surface area (Å²) in [5, 5.41) is 9.50. The van der Waals surface area contributed by atoms with E-state index in [9.17, 15) is 9.90 Å². The van der Waals surface area contributed by atoms with Crippen molar-refractivity contribution < 1.29 is 9.90 Å². The molecule has 0 aliphatic heterocycles. The van der Waals surface area contributed by atoms with Gasteiger partial charge in [-0.05, 0) is 30.2 Å². The van der Waals surface area contributed by atoms with Crippen LogP contribution in [0.1, 0.15) is 18.9 Å². The number of hydrogen-bond donors (Lipinski definition) is 1. The van der Waals surface area contributed by atoms with Gasteiger partial charge in [-0.15, -0.1) is 0 Å². The third-order valence-corrected chi connectivity index (χ3v) is 2.96. The molecule has 2 rings (SSSR count). The molecule has 19 heavy (non-hydrogen) atoms. The van der Waals surface area contributed by atoms with E-state index in [0.717, 1.165) is 24.1 Å². The number of hydrogen-bond acceptors (Lipinski definition) is 1. The van der Waals surface area contributed by atoms with Gasteiger partial charge in [0.15, 0.2) is 0 Å². The number of rotatable bonds is 4. The minimum Gasteiger partial charge on any atom is -0.464 e. The fraction of sp³-hybridized carbons (Fsp3) is 0.188. The van der Waals surface area contributed by atoms with Crippen molar-refractivity contribution in [2.75, 3.05) is 4.90 Å². The van der Waals surface area contributed by atoms with E-state index in [4.69, 9.17) is 0 Å². The van der Waals surface area contributed by atoms with Crippen molar-refractivity contribution in [3.8, 4) is 0 Å². The van der Waals surface area contributed by atoms with Gasteiger partial charge < -0.3 is 5.11 Å². The van der Waals surface area contributed by atoms with Gasteiger partial charge in [-0.1, -0.05) is 49.7 Å². The number of amides is 1. The fourth-order valence-corrected chi connectivity index (χ4v) is 2.14. The van der Waals surface area contributed by atoms with Crippen molar-refractivity contribution in [2.45, 2.75) is 19.8 Å². The van der Waals surface area contributed by atoms with Crippen molar-refractivity contribution in [3.63, 3.8) is 0 Å². The number of carbonyl (C=O) groups is 1. The number of anilines is 2. The molecule has 0 aromatic heterocycles. The summed E-state index contributed by atoms with van der Waals surface area (Å²) >= 11 is 0. The van der Waals surface area contributed by atoms with Crippen LogP contribution >= 0.6 is 0 Å². The van der Waals surface area contributed by atoms with E-state index < -0.39 is 6.09 Å². The van der Waals surface area contributed by atoms with Gasteiger partial charge in [0.25, 0.3) is 0 Å². The normalized spacial score (nSPS) is 10.2. The fourth-order valence-electron chi connectivity index (χ4n) is 2.14. The molecule has 0 saturated heterocycles. The summed E-state index contributed by atoms with van der Waals surface area (Å²) in [5.41, 5.74) is 2.46. The second-order valence-corrected chi connectivity index (χ2v) is 4.33. The first kappa shape index (κ1) is 13.1. The summed E-state index contributed by atoms with van der Waals surface area (Å²) in [6.07, 6.45) is 0.890. The van der Waals surface area contributed by atoms with Crippen LogP contribution in [0.15, 0.2) is 54.6 Å². The highest BCUT2D eigenvalue weighted by Gasteiger charge is 2.18. The Morgan fingerprint density at radius 3 is 2.32 bits per heavy atom. The first-order valence-electron chi connectivity index (χ1n) is 6.40. The zero-order chi connectivity index (χ0) is 13.7. The lowest BCUT2D eigenvalue weighted by Gasteiger charge is -2.22. The molecular formula is C16H17NO2. The maximum absolute atomic E-state index is 11.6. The minimum atomic E-state index is -0.963. The molecule has 2 aromatic rings. The molecule has 0 saturated carbocycles. The lowest BCUT2D eigenvalue weighted by atomic mass is 10.1. The molecule has 0 radical (unpaired) electrons. The van der Waals surface area contributed by atoms with Crippen molar-refractivity contribution in [1.82, 2.24) is 0 Å². The van der Waals surface area contributed by atoms with Gasteiger partial charge in [0, 0.05) is 0 Å². The number of para-hydroxylation sites is 2. The Morgan fingerprint density at radius 2 is 1.68 bits per heavy atom. The predicted molar refractivity (Wildman–Crippen MR) is 77.0 cm³/mol. The topological polar surface area (TPSA) is 40.5 Å². The van der Waals surface area contributed by atoms with Crippen molar-refractivity contribution in [2.24, 2.45) is 0 Å². The van der Waals surface area contributed by atoms with Gasteiger partial charge in [0.1, 0.15) is 0 Å². The molecule has 0 atom stereocenters. The van der Waals surface area contributed by atoms with Gasteiger partial charge in [0.05, 0.1) is 11.4 Å². The van der Waals surface area contributed by atoms with Crippen LogP contribution in [-0.2, 0) is 6.42 Å². The van der Waals surface area contributed by atoms with E-state index in [2.05, 4.69) is 6.92 Å². The molecule has 1 amide bonds. The molecule has 2 aromatic carbocycles. The molecular weight excluding hydrogens is 238 g/mol. The van der Waals surface area contributed by atoms with Crippen LogP contribution in [0.4, 0.5) is 16.2 Å². The highest BCUT2D eigenvalue weighted by atomic mass is 16.4. The summed E-state index contributed by atoms with van der Waals surface area (Å²) in [7, 11) is 0. The maximum atomic E-state index is 11.6. The monoisotopic (exact) mass is 255 g/mol. The van der Waals surface area contributed by atoms with Gasteiger partial charge in [0.2, 0.25) is 0 Å². The van der Waals surface area contributed by atoms with E-state index in [1.54, 1.807) is 12.1 Å². The summed E-state index contributed by atoms with van der Waals surface area (Å²) in [5.74, 6) is 0. The Morgan fingerprint density at radius 1 is 1.05 bits per heavy atom. The molecule has 0 spiro atoms. The first-order valence-corrected chi connectivity index (χ1v) is 6.40. The summed E-state index contributed by atoms with van der Waals surface area (Å²) < 4.78 is 0. The predicted octanol–water partition coefficient (Wildman–Crippen LogP) is 4.46. The third kappa shape index (κ3) is 2.94. The molecule has 0 fully saturated rings. The molecule has 0 bridgehead atoms. The number of carboxylic acid groups (broad SMARTS) is 1. The number of nitrogens with zero attached hydrogens (tertiary/aromatic N) is 1. The van der Waals surface area contributed by atoms with Crippen LogP contribution in [0.3, 0.4) is 0 Å². The van der Waals surface area contributed by atoms with Crippen molar-refractivity contribution in [3.05, 3.63) is 60.2 Å². The van der Waals surface area contributed by atoms with E-state index in [-0.39, 0.29) is 0 Å². The molecule has 98 valence electrons. The van der Waals surface area contributed by atoms with Gasteiger partial charge in [-0.25, -0.2) is 9.69 Å². The third-order valence-electron chi connectivity index (χ3n) is 2.96. The van der Waals surface area contributed by atoms with Crippen LogP contribution < -0.4 is 4.90 Å². The zero-order valence-electron chi connectivity index (χ0n) is 10.9. The Bertz CT molecular complexity index is 552. The standard InChI is InChI=1S/C16H17NO2/c1-2-8-13-9-6-7-12-15(13)17(16(18)19)14-10-4-3-5-11-14/h3-7,9-12H,2,8H2,1H3,(H,18,19). The smallest absolute Gasteiger partial charge is 0.416 e. The molecule has 0 unspecified atom stereocenters. The highest BCUT2D eigenvalue weighted by Crippen LogP contribution is 2.29. The van der Waals surface area contributed by atoms with Gasteiger partial charge >= 0.3 is 6.09 Å². The average Bonchev–Trinajstić information content (AvgIpc) is 2.42. The molecule has 0 aliphatic carbocycles. The summed E-state index contributed by atoms with van der Waals surface area (Å²) in [4.78, 5) is 12.9. The molecule has 1 N–H and O–H groups in total. The SMILES string of the molecule is CCCc1ccccc1N(C(=O)O)c1ccccc1. The van der Waals surface area contributed by atoms with Crippen LogP contribution in [0.25, 0.3) is 0 Å². The van der Waals surface area contributed by atoms with Crippen LogP contribution in [0.5, 0.6) is 0 Å². The van der Waals surface area contributed by atoms with E-state index in [0.29, 0.717) is 5.69 Å². The molecule has 3 nitrogen and oxygen atoms in total. The van der Waals surface area contributed by atoms with E-state index in [1.807, 2.05) is 42.5 Å². The Balaban J connectivity index is 2.49. The number of aryl methyl sites for hydroxylation is 1. The average molecular weight is 255 g/mol.